The molecule has 1 aliphatic heterocycles. The number of benzene rings is 1. The summed E-state index contributed by atoms with van der Waals surface area (Å²) in [4.78, 5) is 15.3. The van der Waals surface area contributed by atoms with E-state index in [4.69, 9.17) is 0 Å². The maximum absolute atomic E-state index is 11.7. The molecule has 2 rings (SSSR count). The number of hydrogen-bond acceptors (Lipinski definition) is 3. The van der Waals surface area contributed by atoms with Crippen LogP contribution in [0.3, 0.4) is 0 Å². The van der Waals surface area contributed by atoms with Crippen molar-refractivity contribution < 1.29 is 4.79 Å². The molecule has 19 heavy (non-hydrogen) atoms. The second kappa shape index (κ2) is 7.56. The monoisotopic (exact) mass is 278 g/mol. The van der Waals surface area contributed by atoms with Crippen LogP contribution in [0.1, 0.15) is 18.4 Å². The summed E-state index contributed by atoms with van der Waals surface area (Å²) in [6, 6.07) is 8.29. The van der Waals surface area contributed by atoms with Crippen molar-refractivity contribution in [2.45, 2.75) is 24.7 Å². The normalized spacial score (nSPS) is 15.6. The van der Waals surface area contributed by atoms with Crippen molar-refractivity contribution in [3.8, 4) is 0 Å². The fourth-order valence-corrected chi connectivity index (χ4v) is 2.92. The minimum atomic E-state index is 0.129. The lowest BCUT2D eigenvalue weighted by molar-refractivity contribution is -0.118. The summed E-state index contributed by atoms with van der Waals surface area (Å²) in [6.07, 6.45) is 2.61. The number of carbonyl (C=O) groups is 1. The van der Waals surface area contributed by atoms with Gasteiger partial charge in [0.15, 0.2) is 0 Å². The quantitative estimate of drug-likeness (QED) is 0.810. The van der Waals surface area contributed by atoms with Crippen LogP contribution in [0, 0.1) is 6.92 Å². The number of nitrogens with zero attached hydrogens (tertiary/aromatic N) is 1. The van der Waals surface area contributed by atoms with Gasteiger partial charge in [-0.3, -0.25) is 4.79 Å². The molecule has 3 nitrogen and oxygen atoms in total. The fraction of sp³-hybridized carbons (Fsp3) is 0.533. The summed E-state index contributed by atoms with van der Waals surface area (Å²) >= 11 is 1.59. The highest BCUT2D eigenvalue weighted by Gasteiger charge is 2.11. The average Bonchev–Trinajstić information content (AvgIpc) is 2.91. The Labute approximate surface area is 119 Å². The maximum atomic E-state index is 11.7. The largest absolute Gasteiger partial charge is 0.354 e. The molecule has 0 atom stereocenters. The SMILES string of the molecule is Cc1ccc(SCC(=O)NCCN2CCCC2)cc1. The molecule has 0 saturated carbocycles. The van der Waals surface area contributed by atoms with E-state index >= 15 is 0 Å². The first-order valence-corrected chi connectivity index (χ1v) is 7.91. The Bertz CT molecular complexity index is 399. The number of amides is 1. The van der Waals surface area contributed by atoms with Gasteiger partial charge in [-0.05, 0) is 45.0 Å². The van der Waals surface area contributed by atoms with Crippen LogP contribution in [-0.4, -0.2) is 42.7 Å². The zero-order chi connectivity index (χ0) is 13.5. The van der Waals surface area contributed by atoms with E-state index in [1.165, 1.54) is 31.5 Å². The number of hydrogen-bond donors (Lipinski definition) is 1. The minimum absolute atomic E-state index is 0.129. The second-order valence-corrected chi connectivity index (χ2v) is 6.05. The number of likely N-dealkylation sites (tertiary alicyclic amines) is 1. The van der Waals surface area contributed by atoms with E-state index in [0.29, 0.717) is 5.75 Å². The molecule has 1 aromatic rings. The van der Waals surface area contributed by atoms with Crippen molar-refractivity contribution >= 4 is 17.7 Å². The third kappa shape index (κ3) is 5.25. The van der Waals surface area contributed by atoms with Crippen LogP contribution in [0.25, 0.3) is 0 Å². The Morgan fingerprint density at radius 3 is 2.63 bits per heavy atom. The van der Waals surface area contributed by atoms with Crippen LogP contribution in [0.5, 0.6) is 0 Å². The predicted octanol–water partition coefficient (Wildman–Crippen LogP) is 2.30. The third-order valence-electron chi connectivity index (χ3n) is 3.34. The molecule has 104 valence electrons. The fourth-order valence-electron chi connectivity index (χ4n) is 2.19. The van der Waals surface area contributed by atoms with Crippen LogP contribution in [0.4, 0.5) is 0 Å². The number of thioether (sulfide) groups is 1. The van der Waals surface area contributed by atoms with Gasteiger partial charge in [-0.2, -0.15) is 0 Å². The van der Waals surface area contributed by atoms with Gasteiger partial charge in [0.25, 0.3) is 0 Å². The molecule has 1 aromatic carbocycles. The van der Waals surface area contributed by atoms with Crippen molar-refractivity contribution in [2.24, 2.45) is 0 Å². The van der Waals surface area contributed by atoms with Gasteiger partial charge in [0.1, 0.15) is 0 Å². The first kappa shape index (κ1) is 14.4. The van der Waals surface area contributed by atoms with Gasteiger partial charge in [-0.1, -0.05) is 17.7 Å². The molecule has 1 aliphatic rings. The highest BCUT2D eigenvalue weighted by molar-refractivity contribution is 8.00. The van der Waals surface area contributed by atoms with E-state index in [0.717, 1.165) is 18.0 Å². The molecule has 1 fully saturated rings. The van der Waals surface area contributed by atoms with Gasteiger partial charge < -0.3 is 10.2 Å². The van der Waals surface area contributed by atoms with Crippen LogP contribution in [-0.2, 0) is 4.79 Å². The molecule has 1 heterocycles. The molecular formula is C15H22N2OS. The Kier molecular flexibility index (Phi) is 5.73. The third-order valence-corrected chi connectivity index (χ3v) is 4.35. The lowest BCUT2D eigenvalue weighted by Gasteiger charge is -2.14. The summed E-state index contributed by atoms with van der Waals surface area (Å²) in [6.45, 7) is 6.20. The summed E-state index contributed by atoms with van der Waals surface area (Å²) in [5.41, 5.74) is 1.25. The Morgan fingerprint density at radius 1 is 1.26 bits per heavy atom. The van der Waals surface area contributed by atoms with E-state index in [2.05, 4.69) is 41.4 Å². The summed E-state index contributed by atoms with van der Waals surface area (Å²) < 4.78 is 0. The van der Waals surface area contributed by atoms with Crippen LogP contribution in [0.2, 0.25) is 0 Å². The predicted molar refractivity (Wildman–Crippen MR) is 80.6 cm³/mol. The van der Waals surface area contributed by atoms with Gasteiger partial charge in [0.05, 0.1) is 5.75 Å². The van der Waals surface area contributed by atoms with E-state index in [1.807, 2.05) is 0 Å². The molecule has 0 aromatic heterocycles. The van der Waals surface area contributed by atoms with Gasteiger partial charge in [-0.25, -0.2) is 0 Å². The number of nitrogens with one attached hydrogen (secondary N) is 1. The first-order chi connectivity index (χ1) is 9.24. The van der Waals surface area contributed by atoms with E-state index in [-0.39, 0.29) is 5.91 Å². The van der Waals surface area contributed by atoms with Gasteiger partial charge in [0, 0.05) is 18.0 Å². The van der Waals surface area contributed by atoms with Gasteiger partial charge >= 0.3 is 0 Å². The lowest BCUT2D eigenvalue weighted by Crippen LogP contribution is -2.34. The topological polar surface area (TPSA) is 32.3 Å². The Morgan fingerprint density at radius 2 is 1.95 bits per heavy atom. The minimum Gasteiger partial charge on any atom is -0.354 e. The number of aryl methyl sites for hydroxylation is 1. The molecule has 0 spiro atoms. The van der Waals surface area contributed by atoms with E-state index in [1.54, 1.807) is 11.8 Å². The molecular weight excluding hydrogens is 256 g/mol. The molecule has 4 heteroatoms. The zero-order valence-corrected chi connectivity index (χ0v) is 12.3. The van der Waals surface area contributed by atoms with Gasteiger partial charge in [-0.15, -0.1) is 11.8 Å². The van der Waals surface area contributed by atoms with Crippen molar-refractivity contribution in [3.05, 3.63) is 29.8 Å². The highest BCUT2D eigenvalue weighted by atomic mass is 32.2. The van der Waals surface area contributed by atoms with Crippen molar-refractivity contribution in [1.82, 2.24) is 10.2 Å². The highest BCUT2D eigenvalue weighted by Crippen LogP contribution is 2.17. The van der Waals surface area contributed by atoms with Crippen LogP contribution < -0.4 is 5.32 Å². The smallest absolute Gasteiger partial charge is 0.230 e. The van der Waals surface area contributed by atoms with Crippen LogP contribution >= 0.6 is 11.8 Å². The standard InChI is InChI=1S/C15H22N2OS/c1-13-4-6-14(7-5-13)19-12-15(18)16-8-11-17-9-2-3-10-17/h4-7H,2-3,8-12H2,1H3,(H,16,18). The van der Waals surface area contributed by atoms with Crippen molar-refractivity contribution in [2.75, 3.05) is 31.9 Å². The molecule has 1 amide bonds. The average molecular weight is 278 g/mol. The summed E-state index contributed by atoms with van der Waals surface area (Å²) in [5.74, 6) is 0.632. The second-order valence-electron chi connectivity index (χ2n) is 5.00. The molecule has 1 saturated heterocycles. The Balaban J connectivity index is 1.60. The summed E-state index contributed by atoms with van der Waals surface area (Å²) in [5, 5.41) is 2.99. The van der Waals surface area contributed by atoms with Crippen molar-refractivity contribution in [3.63, 3.8) is 0 Å². The van der Waals surface area contributed by atoms with E-state index < -0.39 is 0 Å². The molecule has 1 N–H and O–H groups in total. The number of rotatable bonds is 6. The van der Waals surface area contributed by atoms with Crippen molar-refractivity contribution in [1.29, 1.82) is 0 Å². The first-order valence-electron chi connectivity index (χ1n) is 6.92. The molecule has 0 aliphatic carbocycles. The molecule has 0 unspecified atom stereocenters. The lowest BCUT2D eigenvalue weighted by atomic mass is 10.2. The summed E-state index contributed by atoms with van der Waals surface area (Å²) in [7, 11) is 0. The van der Waals surface area contributed by atoms with Gasteiger partial charge in [0.2, 0.25) is 5.91 Å². The van der Waals surface area contributed by atoms with Crippen LogP contribution in [0.15, 0.2) is 29.2 Å². The van der Waals surface area contributed by atoms with E-state index in [9.17, 15) is 4.79 Å². The number of carbonyl (C=O) groups excluding carboxylic acids is 1. The molecule has 0 bridgehead atoms. The zero-order valence-electron chi connectivity index (χ0n) is 11.5. The Hall–Kier alpha value is -1.00. The molecule has 0 radical (unpaired) electrons. The maximum Gasteiger partial charge on any atom is 0.230 e.